The topological polar surface area (TPSA) is 83.1 Å². The molecular weight excluding hydrogens is 268 g/mol. The van der Waals surface area contributed by atoms with Gasteiger partial charge < -0.3 is 9.47 Å². The number of nitrogens with zero attached hydrogens (tertiary/aromatic N) is 2. The molecule has 0 aliphatic heterocycles. The number of nitriles is 2. The molecule has 0 N–H and O–H groups in total. The van der Waals surface area contributed by atoms with E-state index in [1.807, 2.05) is 6.07 Å². The van der Waals surface area contributed by atoms with Crippen LogP contribution in [0.15, 0.2) is 30.3 Å². The molecule has 0 amide bonds. The minimum absolute atomic E-state index is 0.127. The predicted molar refractivity (Wildman–Crippen MR) is 76.0 cm³/mol. The highest BCUT2D eigenvalue weighted by Crippen LogP contribution is 2.42. The number of methoxy groups -OCH3 is 1. The van der Waals surface area contributed by atoms with E-state index in [2.05, 4.69) is 6.07 Å². The summed E-state index contributed by atoms with van der Waals surface area (Å²) in [6.07, 6.45) is 0. The summed E-state index contributed by atoms with van der Waals surface area (Å²) in [5.41, 5.74) is -2.54. The van der Waals surface area contributed by atoms with Crippen LogP contribution in [0.4, 0.5) is 0 Å². The summed E-state index contributed by atoms with van der Waals surface area (Å²) in [6.45, 7) is 3.12. The molecule has 1 aromatic carbocycles. The molecule has 110 valence electrons. The van der Waals surface area contributed by atoms with Crippen LogP contribution in [-0.2, 0) is 19.7 Å². The Kier molecular flexibility index (Phi) is 5.46. The van der Waals surface area contributed by atoms with E-state index in [1.54, 1.807) is 44.2 Å². The van der Waals surface area contributed by atoms with Gasteiger partial charge in [-0.1, -0.05) is 30.3 Å². The highest BCUT2D eigenvalue weighted by Gasteiger charge is 2.57. The lowest BCUT2D eigenvalue weighted by Crippen LogP contribution is -2.51. The third-order valence-corrected chi connectivity index (χ3v) is 3.60. The molecule has 1 rings (SSSR count). The van der Waals surface area contributed by atoms with Gasteiger partial charge in [0.2, 0.25) is 0 Å². The molecule has 0 aliphatic rings. The fourth-order valence-corrected chi connectivity index (χ4v) is 2.25. The Bertz CT molecular complexity index is 573. The maximum absolute atomic E-state index is 12.4. The number of benzene rings is 1. The van der Waals surface area contributed by atoms with Crippen molar-refractivity contribution < 1.29 is 14.3 Å². The Morgan fingerprint density at radius 3 is 2.29 bits per heavy atom. The zero-order valence-electron chi connectivity index (χ0n) is 12.4. The minimum Gasteiger partial charge on any atom is -0.465 e. The largest absolute Gasteiger partial charge is 0.465 e. The van der Waals surface area contributed by atoms with E-state index in [9.17, 15) is 15.3 Å². The first-order valence-corrected chi connectivity index (χ1v) is 6.56. The van der Waals surface area contributed by atoms with Gasteiger partial charge >= 0.3 is 5.97 Å². The molecule has 0 aliphatic carbocycles. The monoisotopic (exact) mass is 286 g/mol. The van der Waals surface area contributed by atoms with Crippen molar-refractivity contribution in [1.82, 2.24) is 0 Å². The number of rotatable bonds is 6. The number of hydrogen-bond donors (Lipinski definition) is 0. The van der Waals surface area contributed by atoms with Gasteiger partial charge in [-0.3, -0.25) is 4.79 Å². The second-order valence-corrected chi connectivity index (χ2v) is 4.77. The van der Waals surface area contributed by atoms with Crippen molar-refractivity contribution in [3.63, 3.8) is 0 Å². The van der Waals surface area contributed by atoms with Crippen LogP contribution in [0.2, 0.25) is 0 Å². The number of carbonyl (C=O) groups is 1. The van der Waals surface area contributed by atoms with Crippen molar-refractivity contribution in [2.75, 3.05) is 20.3 Å². The summed E-state index contributed by atoms with van der Waals surface area (Å²) in [4.78, 5) is 12.4. The molecule has 0 bridgehead atoms. The predicted octanol–water partition coefficient (Wildman–Crippen LogP) is 2.19. The second-order valence-electron chi connectivity index (χ2n) is 4.77. The molecule has 0 fully saturated rings. The number of hydrogen-bond acceptors (Lipinski definition) is 5. The Balaban J connectivity index is 3.52. The smallest absolute Gasteiger partial charge is 0.330 e. The highest BCUT2D eigenvalue weighted by atomic mass is 16.5. The zero-order valence-corrected chi connectivity index (χ0v) is 12.4. The maximum atomic E-state index is 12.4. The van der Waals surface area contributed by atoms with Crippen molar-refractivity contribution in [3.8, 4) is 12.1 Å². The van der Waals surface area contributed by atoms with Crippen LogP contribution in [0.1, 0.15) is 19.4 Å². The Hall–Kier alpha value is -2.37. The summed E-state index contributed by atoms with van der Waals surface area (Å²) >= 11 is 0. The maximum Gasteiger partial charge on any atom is 0.330 e. The van der Waals surface area contributed by atoms with Gasteiger partial charge in [0, 0.05) is 7.11 Å². The fraction of sp³-hybridized carbons (Fsp3) is 0.438. The molecule has 0 radical (unpaired) electrons. The molecular formula is C16H18N2O3. The number of ether oxygens (including phenoxy) is 2. The average molecular weight is 286 g/mol. The van der Waals surface area contributed by atoms with Crippen molar-refractivity contribution in [2.45, 2.75) is 19.3 Å². The Morgan fingerprint density at radius 1 is 1.24 bits per heavy atom. The Morgan fingerprint density at radius 2 is 1.86 bits per heavy atom. The summed E-state index contributed by atoms with van der Waals surface area (Å²) < 4.78 is 10.1. The second kappa shape index (κ2) is 6.88. The first-order valence-electron chi connectivity index (χ1n) is 6.56. The van der Waals surface area contributed by atoms with Crippen molar-refractivity contribution in [3.05, 3.63) is 35.9 Å². The van der Waals surface area contributed by atoms with Gasteiger partial charge in [-0.25, -0.2) is 0 Å². The van der Waals surface area contributed by atoms with Gasteiger partial charge in [0.1, 0.15) is 5.41 Å². The SMILES string of the molecule is CCOC(=O)C(C#N)(COC)C(C)(C#N)c1ccccc1. The van der Waals surface area contributed by atoms with E-state index >= 15 is 0 Å². The first-order chi connectivity index (χ1) is 10.0. The van der Waals surface area contributed by atoms with Crippen LogP contribution in [0.5, 0.6) is 0 Å². The molecule has 2 atom stereocenters. The molecule has 1 aromatic rings. The third-order valence-electron chi connectivity index (χ3n) is 3.60. The van der Waals surface area contributed by atoms with E-state index in [0.29, 0.717) is 5.56 Å². The molecule has 0 heterocycles. The molecule has 2 unspecified atom stereocenters. The molecule has 21 heavy (non-hydrogen) atoms. The lowest BCUT2D eigenvalue weighted by Gasteiger charge is -2.36. The molecule has 0 spiro atoms. The number of esters is 1. The van der Waals surface area contributed by atoms with Gasteiger partial charge in [0.25, 0.3) is 0 Å². The quantitative estimate of drug-likeness (QED) is 0.748. The van der Waals surface area contributed by atoms with Gasteiger partial charge in [-0.2, -0.15) is 10.5 Å². The van der Waals surface area contributed by atoms with Crippen LogP contribution in [0.25, 0.3) is 0 Å². The fourth-order valence-electron chi connectivity index (χ4n) is 2.25. The highest BCUT2D eigenvalue weighted by molar-refractivity contribution is 5.84. The normalized spacial score (nSPS) is 15.9. The summed E-state index contributed by atoms with van der Waals surface area (Å²) in [5, 5.41) is 19.3. The standard InChI is InChI=1S/C16H18N2O3/c1-4-21-14(19)16(11-18,12-20-3)15(2,10-17)13-8-6-5-7-9-13/h5-9H,4,12H2,1-3H3. The average Bonchev–Trinajstić information content (AvgIpc) is 2.52. The van der Waals surface area contributed by atoms with Crippen molar-refractivity contribution in [1.29, 1.82) is 10.5 Å². The Labute approximate surface area is 124 Å². The third kappa shape index (κ3) is 2.74. The molecule has 0 saturated carbocycles. The number of carbonyl (C=O) groups excluding carboxylic acids is 1. The van der Waals surface area contributed by atoms with Crippen molar-refractivity contribution >= 4 is 5.97 Å². The molecule has 5 nitrogen and oxygen atoms in total. The van der Waals surface area contributed by atoms with Crippen LogP contribution < -0.4 is 0 Å². The lowest BCUT2D eigenvalue weighted by atomic mass is 9.62. The minimum atomic E-state index is -1.73. The molecule has 5 heteroatoms. The first kappa shape index (κ1) is 16.7. The van der Waals surface area contributed by atoms with Crippen molar-refractivity contribution in [2.24, 2.45) is 5.41 Å². The van der Waals surface area contributed by atoms with Crippen LogP contribution in [0, 0.1) is 28.1 Å². The van der Waals surface area contributed by atoms with Crippen LogP contribution in [-0.4, -0.2) is 26.3 Å². The lowest BCUT2D eigenvalue weighted by molar-refractivity contribution is -0.157. The van der Waals surface area contributed by atoms with E-state index in [-0.39, 0.29) is 13.2 Å². The van der Waals surface area contributed by atoms with Gasteiger partial charge in [0.15, 0.2) is 5.41 Å². The van der Waals surface area contributed by atoms with E-state index < -0.39 is 16.8 Å². The zero-order chi connectivity index (χ0) is 15.9. The summed E-state index contributed by atoms with van der Waals surface area (Å²) in [6, 6.07) is 12.8. The summed E-state index contributed by atoms with van der Waals surface area (Å²) in [5.74, 6) is -0.748. The molecule has 0 aromatic heterocycles. The molecule has 0 saturated heterocycles. The van der Waals surface area contributed by atoms with Gasteiger partial charge in [0.05, 0.1) is 25.4 Å². The van der Waals surface area contributed by atoms with E-state index in [4.69, 9.17) is 9.47 Å². The van der Waals surface area contributed by atoms with E-state index in [0.717, 1.165) is 0 Å². The van der Waals surface area contributed by atoms with Crippen LogP contribution >= 0.6 is 0 Å². The van der Waals surface area contributed by atoms with E-state index in [1.165, 1.54) is 7.11 Å². The van der Waals surface area contributed by atoms with Gasteiger partial charge in [-0.05, 0) is 19.4 Å². The van der Waals surface area contributed by atoms with Gasteiger partial charge in [-0.15, -0.1) is 0 Å². The van der Waals surface area contributed by atoms with Crippen LogP contribution in [0.3, 0.4) is 0 Å². The summed E-state index contributed by atoms with van der Waals surface area (Å²) in [7, 11) is 1.38.